The highest BCUT2D eigenvalue weighted by Gasteiger charge is 2.18. The maximum absolute atomic E-state index is 13.4. The van der Waals surface area contributed by atoms with E-state index in [-0.39, 0.29) is 18.2 Å². The predicted octanol–water partition coefficient (Wildman–Crippen LogP) is 5.10. The molecule has 0 spiro atoms. The Balaban J connectivity index is 1.48. The van der Waals surface area contributed by atoms with Gasteiger partial charge in [0.2, 0.25) is 5.91 Å². The number of aryl methyl sites for hydroxylation is 1. The zero-order valence-electron chi connectivity index (χ0n) is 19.1. The number of pyridine rings is 1. The molecule has 0 radical (unpaired) electrons. The van der Waals surface area contributed by atoms with E-state index in [4.69, 9.17) is 0 Å². The molecule has 1 N–H and O–H groups in total. The maximum atomic E-state index is 13.4. The topological polar surface area (TPSA) is 62.3 Å². The number of anilines is 1. The van der Waals surface area contributed by atoms with Crippen LogP contribution in [0.4, 0.5) is 5.69 Å². The standard InChI is InChI=1S/C29H27N3O2/c1-22-8-7-9-24(18-22)21-32(29(34)25-10-3-2-4-11-25)27-15-13-23(14-16-27)19-28(33)31-20-26-12-5-6-17-30-26/h2-18H,19-21H2,1H3,(H,31,33). The molecule has 0 fully saturated rings. The molecule has 0 bridgehead atoms. The fourth-order valence-corrected chi connectivity index (χ4v) is 3.74. The van der Waals surface area contributed by atoms with Gasteiger partial charge in [0.25, 0.3) is 5.91 Å². The van der Waals surface area contributed by atoms with Gasteiger partial charge in [0, 0.05) is 17.4 Å². The van der Waals surface area contributed by atoms with E-state index in [0.29, 0.717) is 18.7 Å². The number of benzene rings is 3. The smallest absolute Gasteiger partial charge is 0.258 e. The molecular weight excluding hydrogens is 422 g/mol. The number of hydrogen-bond donors (Lipinski definition) is 1. The Morgan fingerprint density at radius 3 is 2.29 bits per heavy atom. The first-order valence-electron chi connectivity index (χ1n) is 11.3. The van der Waals surface area contributed by atoms with Crippen LogP contribution in [0.1, 0.15) is 32.7 Å². The largest absolute Gasteiger partial charge is 0.350 e. The number of aromatic nitrogens is 1. The Morgan fingerprint density at radius 2 is 1.59 bits per heavy atom. The first kappa shape index (κ1) is 22.9. The van der Waals surface area contributed by atoms with Crippen LogP contribution >= 0.6 is 0 Å². The average Bonchev–Trinajstić information content (AvgIpc) is 2.87. The number of amides is 2. The van der Waals surface area contributed by atoms with Crippen LogP contribution < -0.4 is 10.2 Å². The summed E-state index contributed by atoms with van der Waals surface area (Å²) in [4.78, 5) is 31.7. The van der Waals surface area contributed by atoms with Crippen LogP contribution in [0.3, 0.4) is 0 Å². The molecule has 0 aliphatic rings. The monoisotopic (exact) mass is 449 g/mol. The van der Waals surface area contributed by atoms with Gasteiger partial charge in [-0.25, -0.2) is 0 Å². The summed E-state index contributed by atoms with van der Waals surface area (Å²) in [5.74, 6) is -0.140. The van der Waals surface area contributed by atoms with Gasteiger partial charge in [-0.2, -0.15) is 0 Å². The van der Waals surface area contributed by atoms with Crippen molar-refractivity contribution in [3.05, 3.63) is 131 Å². The number of rotatable bonds is 8. The molecule has 5 heteroatoms. The van der Waals surface area contributed by atoms with Crippen molar-refractivity contribution in [2.75, 3.05) is 4.90 Å². The fourth-order valence-electron chi connectivity index (χ4n) is 3.74. The van der Waals surface area contributed by atoms with Crippen molar-refractivity contribution >= 4 is 17.5 Å². The van der Waals surface area contributed by atoms with Crippen molar-refractivity contribution in [1.82, 2.24) is 10.3 Å². The molecule has 0 aliphatic carbocycles. The molecular formula is C29H27N3O2. The number of carbonyl (C=O) groups excluding carboxylic acids is 2. The lowest BCUT2D eigenvalue weighted by Gasteiger charge is -2.24. The van der Waals surface area contributed by atoms with Gasteiger partial charge in [0.05, 0.1) is 25.2 Å². The molecule has 1 heterocycles. The van der Waals surface area contributed by atoms with Crippen LogP contribution in [0.5, 0.6) is 0 Å². The lowest BCUT2D eigenvalue weighted by Crippen LogP contribution is -2.30. The van der Waals surface area contributed by atoms with Crippen molar-refractivity contribution in [2.24, 2.45) is 0 Å². The normalized spacial score (nSPS) is 10.5. The fraction of sp³-hybridized carbons (Fsp3) is 0.138. The van der Waals surface area contributed by atoms with E-state index in [0.717, 1.165) is 28.1 Å². The third-order valence-corrected chi connectivity index (χ3v) is 5.49. The third kappa shape index (κ3) is 6.17. The lowest BCUT2D eigenvalue weighted by atomic mass is 10.1. The highest BCUT2D eigenvalue weighted by molar-refractivity contribution is 6.06. The van der Waals surface area contributed by atoms with Crippen molar-refractivity contribution in [3.63, 3.8) is 0 Å². The Hall–Kier alpha value is -4.25. The first-order valence-corrected chi connectivity index (χ1v) is 11.3. The maximum Gasteiger partial charge on any atom is 0.258 e. The van der Waals surface area contributed by atoms with Crippen molar-refractivity contribution < 1.29 is 9.59 Å². The van der Waals surface area contributed by atoms with E-state index in [1.165, 1.54) is 0 Å². The van der Waals surface area contributed by atoms with Gasteiger partial charge in [-0.05, 0) is 54.4 Å². The molecule has 0 unspecified atom stereocenters. The third-order valence-electron chi connectivity index (χ3n) is 5.49. The van der Waals surface area contributed by atoms with Crippen LogP contribution in [-0.2, 0) is 24.3 Å². The zero-order chi connectivity index (χ0) is 23.8. The van der Waals surface area contributed by atoms with E-state index in [1.807, 2.05) is 97.9 Å². The van der Waals surface area contributed by atoms with E-state index < -0.39 is 0 Å². The van der Waals surface area contributed by atoms with Crippen LogP contribution in [0.2, 0.25) is 0 Å². The van der Waals surface area contributed by atoms with Gasteiger partial charge in [0.15, 0.2) is 0 Å². The molecule has 0 atom stereocenters. The minimum atomic E-state index is -0.0737. The Bertz CT molecular complexity index is 1240. The second-order valence-electron chi connectivity index (χ2n) is 8.19. The minimum absolute atomic E-state index is 0.0667. The van der Waals surface area contributed by atoms with Crippen molar-refractivity contribution in [1.29, 1.82) is 0 Å². The van der Waals surface area contributed by atoms with E-state index >= 15 is 0 Å². The van der Waals surface area contributed by atoms with Crippen LogP contribution in [0.15, 0.2) is 103 Å². The highest BCUT2D eigenvalue weighted by atomic mass is 16.2. The molecule has 0 saturated heterocycles. The highest BCUT2D eigenvalue weighted by Crippen LogP contribution is 2.22. The molecule has 34 heavy (non-hydrogen) atoms. The van der Waals surface area contributed by atoms with E-state index in [1.54, 1.807) is 11.1 Å². The van der Waals surface area contributed by atoms with Gasteiger partial charge < -0.3 is 10.2 Å². The summed E-state index contributed by atoms with van der Waals surface area (Å²) in [5.41, 5.74) is 5.32. The zero-order valence-corrected chi connectivity index (χ0v) is 19.1. The summed E-state index contributed by atoms with van der Waals surface area (Å²) >= 11 is 0. The number of hydrogen-bond acceptors (Lipinski definition) is 3. The predicted molar refractivity (Wildman–Crippen MR) is 134 cm³/mol. The van der Waals surface area contributed by atoms with Gasteiger partial charge in [-0.3, -0.25) is 14.6 Å². The molecule has 2 amide bonds. The molecule has 170 valence electrons. The van der Waals surface area contributed by atoms with Gasteiger partial charge in [-0.1, -0.05) is 66.2 Å². The number of nitrogens with zero attached hydrogens (tertiary/aromatic N) is 2. The molecule has 0 aliphatic heterocycles. The summed E-state index contributed by atoms with van der Waals surface area (Å²) in [7, 11) is 0. The lowest BCUT2D eigenvalue weighted by molar-refractivity contribution is -0.120. The first-order chi connectivity index (χ1) is 16.6. The summed E-state index contributed by atoms with van der Waals surface area (Å²) in [6, 6.07) is 30.7. The molecule has 4 rings (SSSR count). The Morgan fingerprint density at radius 1 is 0.824 bits per heavy atom. The van der Waals surface area contributed by atoms with Crippen LogP contribution in [0.25, 0.3) is 0 Å². The molecule has 1 aromatic heterocycles. The Labute approximate surface area is 200 Å². The number of nitrogens with one attached hydrogen (secondary N) is 1. The molecule has 4 aromatic rings. The van der Waals surface area contributed by atoms with Gasteiger partial charge in [-0.15, -0.1) is 0 Å². The summed E-state index contributed by atoms with van der Waals surface area (Å²) in [5, 5.41) is 2.90. The minimum Gasteiger partial charge on any atom is -0.350 e. The quantitative estimate of drug-likeness (QED) is 0.407. The van der Waals surface area contributed by atoms with E-state index in [9.17, 15) is 9.59 Å². The van der Waals surface area contributed by atoms with Gasteiger partial charge >= 0.3 is 0 Å². The molecule has 5 nitrogen and oxygen atoms in total. The molecule has 0 saturated carbocycles. The summed E-state index contributed by atoms with van der Waals surface area (Å²) in [6.45, 7) is 2.90. The van der Waals surface area contributed by atoms with Crippen LogP contribution in [-0.4, -0.2) is 16.8 Å². The SMILES string of the molecule is Cc1cccc(CN(C(=O)c2ccccc2)c2ccc(CC(=O)NCc3ccccn3)cc2)c1. The van der Waals surface area contributed by atoms with E-state index in [2.05, 4.69) is 16.4 Å². The van der Waals surface area contributed by atoms with Crippen LogP contribution in [0, 0.1) is 6.92 Å². The summed E-state index contributed by atoms with van der Waals surface area (Å²) < 4.78 is 0. The second-order valence-corrected chi connectivity index (χ2v) is 8.19. The summed E-state index contributed by atoms with van der Waals surface area (Å²) in [6.07, 6.45) is 1.97. The van der Waals surface area contributed by atoms with Crippen molar-refractivity contribution in [2.45, 2.75) is 26.4 Å². The molecule has 3 aromatic carbocycles. The second kappa shape index (κ2) is 11.1. The number of carbonyl (C=O) groups is 2. The Kier molecular flexibility index (Phi) is 7.45. The van der Waals surface area contributed by atoms with Gasteiger partial charge in [0.1, 0.15) is 0 Å². The average molecular weight is 450 g/mol. The van der Waals surface area contributed by atoms with Crippen molar-refractivity contribution in [3.8, 4) is 0 Å².